The maximum Gasteiger partial charge on any atom is 0.124 e. The lowest BCUT2D eigenvalue weighted by Crippen LogP contribution is -2.03. The molecule has 2 aromatic rings. The van der Waals surface area contributed by atoms with Crippen molar-refractivity contribution in [1.82, 2.24) is 0 Å². The summed E-state index contributed by atoms with van der Waals surface area (Å²) < 4.78 is 11.4. The summed E-state index contributed by atoms with van der Waals surface area (Å²) in [5, 5.41) is 1.43. The molecule has 0 N–H and O–H groups in total. The Morgan fingerprint density at radius 2 is 2.14 bits per heavy atom. The van der Waals surface area contributed by atoms with Gasteiger partial charge in [-0.2, -0.15) is 0 Å². The molecule has 0 aliphatic carbocycles. The van der Waals surface area contributed by atoms with Gasteiger partial charge in [-0.1, -0.05) is 45.7 Å². The second-order valence-corrected chi connectivity index (χ2v) is 5.96. The molecule has 2 nitrogen and oxygen atoms in total. The molecule has 0 spiro atoms. The van der Waals surface area contributed by atoms with Gasteiger partial charge >= 0.3 is 0 Å². The highest BCUT2D eigenvalue weighted by atomic mass is 79.9. The molecule has 4 heteroatoms. The van der Waals surface area contributed by atoms with Gasteiger partial charge in [0.25, 0.3) is 0 Å². The average Bonchev–Trinajstić information content (AvgIpc) is 2.95. The van der Waals surface area contributed by atoms with Gasteiger partial charge < -0.3 is 9.47 Å². The van der Waals surface area contributed by atoms with Crippen LogP contribution < -0.4 is 9.47 Å². The molecule has 0 amide bonds. The van der Waals surface area contributed by atoms with Crippen LogP contribution in [0.5, 0.6) is 11.5 Å². The summed E-state index contributed by atoms with van der Waals surface area (Å²) in [4.78, 5) is 0. The molecular weight excluding hydrogens is 352 g/mol. The van der Waals surface area contributed by atoms with Gasteiger partial charge in [-0.25, -0.2) is 0 Å². The SMILES string of the molecule is Clc1cccc(OCCc2ccc3c(c2)CCO3)c1CBr. The third-order valence-corrected chi connectivity index (χ3v) is 4.53. The van der Waals surface area contributed by atoms with Crippen LogP contribution in [0, 0.1) is 0 Å². The van der Waals surface area contributed by atoms with Crippen LogP contribution >= 0.6 is 27.5 Å². The highest BCUT2D eigenvalue weighted by Gasteiger charge is 2.12. The topological polar surface area (TPSA) is 18.5 Å². The smallest absolute Gasteiger partial charge is 0.124 e. The minimum Gasteiger partial charge on any atom is -0.493 e. The van der Waals surface area contributed by atoms with Crippen LogP contribution in [0.1, 0.15) is 16.7 Å². The van der Waals surface area contributed by atoms with Crippen molar-refractivity contribution in [2.75, 3.05) is 13.2 Å². The zero-order valence-corrected chi connectivity index (χ0v) is 13.9. The van der Waals surface area contributed by atoms with Crippen LogP contribution in [0.25, 0.3) is 0 Å². The summed E-state index contributed by atoms with van der Waals surface area (Å²) in [6.07, 6.45) is 1.88. The summed E-state index contributed by atoms with van der Waals surface area (Å²) in [6, 6.07) is 12.1. The van der Waals surface area contributed by atoms with E-state index < -0.39 is 0 Å². The number of halogens is 2. The predicted molar refractivity (Wildman–Crippen MR) is 88.9 cm³/mol. The van der Waals surface area contributed by atoms with Crippen molar-refractivity contribution in [2.24, 2.45) is 0 Å². The third-order valence-electron chi connectivity index (χ3n) is 3.61. The molecule has 0 bridgehead atoms. The van der Waals surface area contributed by atoms with Crippen molar-refractivity contribution in [1.29, 1.82) is 0 Å². The quantitative estimate of drug-likeness (QED) is 0.707. The lowest BCUT2D eigenvalue weighted by Gasteiger charge is -2.11. The number of fused-ring (bicyclic) bond motifs is 1. The molecule has 2 aromatic carbocycles. The Kier molecular flexibility index (Phi) is 4.71. The van der Waals surface area contributed by atoms with Crippen molar-refractivity contribution in [3.63, 3.8) is 0 Å². The van der Waals surface area contributed by atoms with E-state index in [2.05, 4.69) is 34.1 Å². The van der Waals surface area contributed by atoms with Crippen molar-refractivity contribution in [2.45, 2.75) is 18.2 Å². The molecule has 0 unspecified atom stereocenters. The Bertz CT molecular complexity index is 643. The van der Waals surface area contributed by atoms with Crippen LogP contribution in [0.2, 0.25) is 5.02 Å². The van der Waals surface area contributed by atoms with Gasteiger partial charge in [-0.3, -0.25) is 0 Å². The summed E-state index contributed by atoms with van der Waals surface area (Å²) in [5.41, 5.74) is 3.58. The van der Waals surface area contributed by atoms with E-state index in [0.717, 1.165) is 41.5 Å². The van der Waals surface area contributed by atoms with Crippen LogP contribution in [-0.4, -0.2) is 13.2 Å². The fraction of sp³-hybridized carbons (Fsp3) is 0.294. The molecule has 3 rings (SSSR count). The van der Waals surface area contributed by atoms with Crippen LogP contribution in [0.4, 0.5) is 0 Å². The molecule has 0 atom stereocenters. The van der Waals surface area contributed by atoms with Gasteiger partial charge in [0.2, 0.25) is 0 Å². The number of hydrogen-bond donors (Lipinski definition) is 0. The van der Waals surface area contributed by atoms with E-state index in [4.69, 9.17) is 21.1 Å². The number of benzene rings is 2. The molecule has 1 heterocycles. The standard InChI is InChI=1S/C17H16BrClO2/c18-11-14-15(19)2-1-3-17(14)21-8-6-12-4-5-16-13(10-12)7-9-20-16/h1-5,10H,6-9,11H2. The van der Waals surface area contributed by atoms with Gasteiger partial charge in [0.05, 0.1) is 13.2 Å². The van der Waals surface area contributed by atoms with Crippen molar-refractivity contribution in [3.05, 3.63) is 58.1 Å². The largest absolute Gasteiger partial charge is 0.493 e. The van der Waals surface area contributed by atoms with Crippen LogP contribution in [0.15, 0.2) is 36.4 Å². The maximum absolute atomic E-state index is 6.17. The monoisotopic (exact) mass is 366 g/mol. The minimum atomic E-state index is 0.639. The lowest BCUT2D eigenvalue weighted by atomic mass is 10.1. The molecule has 0 fully saturated rings. The van der Waals surface area contributed by atoms with Gasteiger partial charge in [-0.05, 0) is 29.3 Å². The second-order valence-electron chi connectivity index (χ2n) is 4.99. The van der Waals surface area contributed by atoms with E-state index in [-0.39, 0.29) is 0 Å². The van der Waals surface area contributed by atoms with E-state index in [1.165, 1.54) is 11.1 Å². The molecule has 0 radical (unpaired) electrons. The first-order valence-corrected chi connectivity index (χ1v) is 8.48. The van der Waals surface area contributed by atoms with Crippen molar-refractivity contribution < 1.29 is 9.47 Å². The fourth-order valence-corrected chi connectivity index (χ4v) is 3.45. The number of alkyl halides is 1. The first-order chi connectivity index (χ1) is 10.3. The third kappa shape index (κ3) is 3.35. The van der Waals surface area contributed by atoms with Crippen LogP contribution in [0.3, 0.4) is 0 Å². The Morgan fingerprint density at radius 1 is 1.24 bits per heavy atom. The number of hydrogen-bond acceptors (Lipinski definition) is 2. The summed E-state index contributed by atoms with van der Waals surface area (Å²) in [7, 11) is 0. The molecule has 0 saturated carbocycles. The Labute approximate surface area is 138 Å². The molecule has 1 aliphatic heterocycles. The van der Waals surface area contributed by atoms with Gasteiger partial charge in [0.15, 0.2) is 0 Å². The van der Waals surface area contributed by atoms with E-state index in [1.54, 1.807) is 0 Å². The Morgan fingerprint density at radius 3 is 3.00 bits per heavy atom. The molecule has 0 saturated heterocycles. The molecule has 110 valence electrons. The molecular formula is C17H16BrClO2. The zero-order chi connectivity index (χ0) is 14.7. The summed E-state index contributed by atoms with van der Waals surface area (Å²) >= 11 is 9.62. The Balaban J connectivity index is 1.63. The lowest BCUT2D eigenvalue weighted by molar-refractivity contribution is 0.319. The summed E-state index contributed by atoms with van der Waals surface area (Å²) in [6.45, 7) is 1.44. The number of rotatable bonds is 5. The zero-order valence-electron chi connectivity index (χ0n) is 11.6. The van der Waals surface area contributed by atoms with Gasteiger partial charge in [-0.15, -0.1) is 0 Å². The van der Waals surface area contributed by atoms with E-state index >= 15 is 0 Å². The highest BCUT2D eigenvalue weighted by Crippen LogP contribution is 2.29. The van der Waals surface area contributed by atoms with Crippen molar-refractivity contribution in [3.8, 4) is 11.5 Å². The highest BCUT2D eigenvalue weighted by molar-refractivity contribution is 9.08. The second kappa shape index (κ2) is 6.71. The van der Waals surface area contributed by atoms with Gasteiger partial charge in [0, 0.05) is 28.8 Å². The molecule has 21 heavy (non-hydrogen) atoms. The molecule has 1 aliphatic rings. The van der Waals surface area contributed by atoms with E-state index in [1.807, 2.05) is 18.2 Å². The van der Waals surface area contributed by atoms with Gasteiger partial charge in [0.1, 0.15) is 11.5 Å². The van der Waals surface area contributed by atoms with Crippen LogP contribution in [-0.2, 0) is 18.2 Å². The van der Waals surface area contributed by atoms with Crippen molar-refractivity contribution >= 4 is 27.5 Å². The summed E-state index contributed by atoms with van der Waals surface area (Å²) in [5.74, 6) is 1.87. The van der Waals surface area contributed by atoms with E-state index in [0.29, 0.717) is 11.9 Å². The molecule has 0 aromatic heterocycles. The first-order valence-electron chi connectivity index (χ1n) is 6.98. The predicted octanol–water partition coefficient (Wildman–Crippen LogP) is 4.79. The normalized spacial score (nSPS) is 12.9. The maximum atomic E-state index is 6.17. The fourth-order valence-electron chi connectivity index (χ4n) is 2.48. The first kappa shape index (κ1) is 14.7. The van der Waals surface area contributed by atoms with E-state index in [9.17, 15) is 0 Å². The Hall–Kier alpha value is -1.19. The number of ether oxygens (including phenoxy) is 2. The minimum absolute atomic E-state index is 0.639. The average molecular weight is 368 g/mol.